The maximum atomic E-state index is 13.2. The summed E-state index contributed by atoms with van der Waals surface area (Å²) in [6.45, 7) is 0.190. The van der Waals surface area contributed by atoms with Crippen LogP contribution in [-0.2, 0) is 32.0 Å². The Morgan fingerprint density at radius 2 is 1.27 bits per heavy atom. The van der Waals surface area contributed by atoms with Gasteiger partial charge in [-0.05, 0) is 30.4 Å². The molecule has 13 heteroatoms. The zero-order valence-corrected chi connectivity index (χ0v) is 22.9. The van der Waals surface area contributed by atoms with Crippen LogP contribution in [0.3, 0.4) is 0 Å². The highest BCUT2D eigenvalue weighted by Gasteiger charge is 2.30. The third kappa shape index (κ3) is 11.3. The van der Waals surface area contributed by atoms with Crippen molar-refractivity contribution in [3.8, 4) is 0 Å². The molecular formula is C27H37N7O5S. The molecule has 0 aliphatic heterocycles. The van der Waals surface area contributed by atoms with Crippen LogP contribution in [0.4, 0.5) is 0 Å². The number of carboxylic acid groups (broad SMARTS) is 1. The topological polar surface area (TPSA) is 215 Å². The SMILES string of the molecule is NC(N)=NCCCC(NC(=O)C(CS)NC(=O)C(N)Cc1ccccc1)C(=O)NC(Cc1ccccc1)C(=O)O. The van der Waals surface area contributed by atoms with Gasteiger partial charge in [-0.25, -0.2) is 4.79 Å². The number of carbonyl (C=O) groups is 4. The largest absolute Gasteiger partial charge is 0.480 e. The highest BCUT2D eigenvalue weighted by molar-refractivity contribution is 7.80. The van der Waals surface area contributed by atoms with E-state index in [1.807, 2.05) is 30.3 Å². The van der Waals surface area contributed by atoms with Crippen LogP contribution in [0.15, 0.2) is 65.7 Å². The molecule has 4 atom stereocenters. The van der Waals surface area contributed by atoms with Crippen molar-refractivity contribution in [1.29, 1.82) is 0 Å². The fraction of sp³-hybridized carbons (Fsp3) is 0.370. The second-order valence-corrected chi connectivity index (χ2v) is 9.50. The molecule has 0 bridgehead atoms. The van der Waals surface area contributed by atoms with Gasteiger partial charge in [-0.15, -0.1) is 0 Å². The fourth-order valence-corrected chi connectivity index (χ4v) is 4.06. The molecular weight excluding hydrogens is 534 g/mol. The minimum absolute atomic E-state index is 0.0468. The Hall–Kier alpha value is -4.10. The van der Waals surface area contributed by atoms with E-state index in [9.17, 15) is 24.3 Å². The van der Waals surface area contributed by atoms with Crippen LogP contribution in [0.25, 0.3) is 0 Å². The van der Waals surface area contributed by atoms with Crippen molar-refractivity contribution in [2.75, 3.05) is 12.3 Å². The summed E-state index contributed by atoms with van der Waals surface area (Å²) in [7, 11) is 0. The Morgan fingerprint density at radius 3 is 1.80 bits per heavy atom. The van der Waals surface area contributed by atoms with E-state index >= 15 is 0 Å². The fourth-order valence-electron chi connectivity index (χ4n) is 3.80. The molecule has 4 unspecified atom stereocenters. The first-order chi connectivity index (χ1) is 19.1. The molecule has 0 heterocycles. The number of nitrogens with one attached hydrogen (secondary N) is 3. The summed E-state index contributed by atoms with van der Waals surface area (Å²) in [5, 5.41) is 17.4. The van der Waals surface area contributed by atoms with E-state index in [-0.39, 0.29) is 37.5 Å². The number of aliphatic imine (C=N–C) groups is 1. The number of rotatable bonds is 16. The van der Waals surface area contributed by atoms with E-state index in [0.717, 1.165) is 5.56 Å². The Kier molecular flexibility index (Phi) is 13.5. The number of aliphatic carboxylic acids is 1. The highest BCUT2D eigenvalue weighted by atomic mass is 32.1. The number of nitrogens with two attached hydrogens (primary N) is 3. The second kappa shape index (κ2) is 16.8. The van der Waals surface area contributed by atoms with Gasteiger partial charge in [0, 0.05) is 18.7 Å². The monoisotopic (exact) mass is 571 g/mol. The first-order valence-corrected chi connectivity index (χ1v) is 13.4. The van der Waals surface area contributed by atoms with Gasteiger partial charge in [0.2, 0.25) is 17.7 Å². The van der Waals surface area contributed by atoms with E-state index in [4.69, 9.17) is 17.2 Å². The average molecular weight is 572 g/mol. The molecule has 0 saturated heterocycles. The van der Waals surface area contributed by atoms with Crippen LogP contribution in [-0.4, -0.2) is 71.2 Å². The molecule has 0 radical (unpaired) electrons. The van der Waals surface area contributed by atoms with E-state index in [1.165, 1.54) is 0 Å². The minimum Gasteiger partial charge on any atom is -0.480 e. The summed E-state index contributed by atoms with van der Waals surface area (Å²) in [5.74, 6) is -3.34. The van der Waals surface area contributed by atoms with E-state index < -0.39 is 47.9 Å². The molecule has 0 aliphatic rings. The highest BCUT2D eigenvalue weighted by Crippen LogP contribution is 2.07. The number of guanidine groups is 1. The molecule has 2 aromatic carbocycles. The molecule has 2 rings (SSSR count). The van der Waals surface area contributed by atoms with Crippen LogP contribution < -0.4 is 33.2 Å². The van der Waals surface area contributed by atoms with Crippen molar-refractivity contribution in [3.63, 3.8) is 0 Å². The van der Waals surface area contributed by atoms with E-state index in [1.54, 1.807) is 30.3 Å². The number of thiol groups is 1. The molecule has 0 fully saturated rings. The van der Waals surface area contributed by atoms with E-state index in [0.29, 0.717) is 12.0 Å². The molecule has 10 N–H and O–H groups in total. The van der Waals surface area contributed by atoms with Crippen molar-refractivity contribution >= 4 is 42.3 Å². The Labute approximate surface area is 238 Å². The van der Waals surface area contributed by atoms with Crippen molar-refractivity contribution < 1.29 is 24.3 Å². The third-order valence-electron chi connectivity index (χ3n) is 5.93. The Balaban J connectivity index is 2.09. The molecule has 2 aromatic rings. The summed E-state index contributed by atoms with van der Waals surface area (Å²) in [5.41, 5.74) is 18.3. The first-order valence-electron chi connectivity index (χ1n) is 12.7. The summed E-state index contributed by atoms with van der Waals surface area (Å²) >= 11 is 4.18. The first kappa shape index (κ1) is 32.1. The third-order valence-corrected chi connectivity index (χ3v) is 6.29. The number of benzene rings is 2. The number of carbonyl (C=O) groups excluding carboxylic acids is 3. The lowest BCUT2D eigenvalue weighted by atomic mass is 10.0. The molecule has 40 heavy (non-hydrogen) atoms. The summed E-state index contributed by atoms with van der Waals surface area (Å²) in [6, 6.07) is 13.6. The molecule has 0 aromatic heterocycles. The number of hydrogen-bond acceptors (Lipinski definition) is 7. The number of amides is 3. The Morgan fingerprint density at radius 1 is 0.775 bits per heavy atom. The van der Waals surface area contributed by atoms with Gasteiger partial charge >= 0.3 is 5.97 Å². The van der Waals surface area contributed by atoms with Gasteiger partial charge in [-0.2, -0.15) is 12.6 Å². The van der Waals surface area contributed by atoms with Crippen LogP contribution in [0, 0.1) is 0 Å². The smallest absolute Gasteiger partial charge is 0.326 e. The minimum atomic E-state index is -1.23. The average Bonchev–Trinajstić information content (AvgIpc) is 2.93. The zero-order chi connectivity index (χ0) is 29.5. The zero-order valence-electron chi connectivity index (χ0n) is 22.0. The van der Waals surface area contributed by atoms with Gasteiger partial charge in [-0.1, -0.05) is 60.7 Å². The lowest BCUT2D eigenvalue weighted by molar-refractivity contribution is -0.142. The van der Waals surface area contributed by atoms with Gasteiger partial charge in [-0.3, -0.25) is 19.4 Å². The van der Waals surface area contributed by atoms with Crippen molar-refractivity contribution in [1.82, 2.24) is 16.0 Å². The molecule has 0 aliphatic carbocycles. The van der Waals surface area contributed by atoms with Gasteiger partial charge < -0.3 is 38.3 Å². The van der Waals surface area contributed by atoms with Crippen LogP contribution in [0.2, 0.25) is 0 Å². The van der Waals surface area contributed by atoms with Crippen molar-refractivity contribution in [3.05, 3.63) is 71.8 Å². The van der Waals surface area contributed by atoms with Gasteiger partial charge in [0.25, 0.3) is 0 Å². The van der Waals surface area contributed by atoms with Gasteiger partial charge in [0.05, 0.1) is 6.04 Å². The molecule has 3 amide bonds. The number of hydrogen-bond donors (Lipinski definition) is 8. The Bertz CT molecular complexity index is 1150. The second-order valence-electron chi connectivity index (χ2n) is 9.14. The standard InChI is InChI=1S/C27H37N7O5S/c28-19(14-17-8-3-1-4-9-17)23(35)34-22(16-40)25(37)32-20(12-7-13-31-27(29)30)24(36)33-21(26(38)39)15-18-10-5-2-6-11-18/h1-6,8-11,19-22,40H,7,12-16,28H2,(H,32,37)(H,33,36)(H,34,35)(H,38,39)(H4,29,30,31). The predicted octanol–water partition coefficient (Wildman–Crippen LogP) is -0.678. The lowest BCUT2D eigenvalue weighted by Gasteiger charge is -2.24. The van der Waals surface area contributed by atoms with Crippen molar-refractivity contribution in [2.45, 2.75) is 49.9 Å². The number of carboxylic acids is 1. The van der Waals surface area contributed by atoms with Crippen LogP contribution in [0.1, 0.15) is 24.0 Å². The molecule has 0 saturated carbocycles. The van der Waals surface area contributed by atoms with Crippen LogP contribution in [0.5, 0.6) is 0 Å². The number of nitrogens with zero attached hydrogens (tertiary/aromatic N) is 1. The maximum absolute atomic E-state index is 13.2. The lowest BCUT2D eigenvalue weighted by Crippen LogP contribution is -2.58. The molecule has 12 nitrogen and oxygen atoms in total. The van der Waals surface area contributed by atoms with E-state index in [2.05, 4.69) is 33.6 Å². The van der Waals surface area contributed by atoms with Crippen molar-refractivity contribution in [2.24, 2.45) is 22.2 Å². The summed E-state index contributed by atoms with van der Waals surface area (Å²) in [6.07, 6.45) is 0.728. The summed E-state index contributed by atoms with van der Waals surface area (Å²) in [4.78, 5) is 54.7. The van der Waals surface area contributed by atoms with Crippen LogP contribution >= 0.6 is 12.6 Å². The quantitative estimate of drug-likeness (QED) is 0.0558. The maximum Gasteiger partial charge on any atom is 0.326 e. The predicted molar refractivity (Wildman–Crippen MR) is 155 cm³/mol. The van der Waals surface area contributed by atoms with Gasteiger partial charge in [0.1, 0.15) is 18.1 Å². The van der Waals surface area contributed by atoms with Gasteiger partial charge in [0.15, 0.2) is 5.96 Å². The molecule has 0 spiro atoms. The molecule has 216 valence electrons. The summed E-state index contributed by atoms with van der Waals surface area (Å²) < 4.78 is 0. The normalized spacial score (nSPS) is 13.7.